The fourth-order valence-electron chi connectivity index (χ4n) is 5.57. The van der Waals surface area contributed by atoms with Crippen LogP contribution < -0.4 is 19.3 Å². The zero-order valence-electron chi connectivity index (χ0n) is 26.1. The van der Waals surface area contributed by atoms with Gasteiger partial charge in [0.1, 0.15) is 24.7 Å². The van der Waals surface area contributed by atoms with E-state index in [0.29, 0.717) is 13.1 Å². The summed E-state index contributed by atoms with van der Waals surface area (Å²) in [4.78, 5) is 28.1. The average molecular weight is 607 g/mol. The number of nitrogens with zero attached hydrogens (tertiary/aromatic N) is 2. The Labute approximate surface area is 264 Å². The molecule has 2 fully saturated rings. The zero-order valence-corrected chi connectivity index (χ0v) is 26.1. The average Bonchev–Trinajstić information content (AvgIpc) is 3.61. The standard InChI is InChI=1S/C37H38N2O6/c1-25-5-13-29(14-6-25)38-21-33(44-35(38)40)23-42-31-17-9-27(10-18-31)37(3,4)28-11-19-32(20-12-28)43-24-34-22-39(36(41)45-34)30-15-7-26(2)8-16-30/h5-20,33-34H,21-24H2,1-4H3. The Morgan fingerprint density at radius 1 is 0.600 bits per heavy atom. The Hall–Kier alpha value is -4.98. The highest BCUT2D eigenvalue weighted by Gasteiger charge is 2.34. The third-order valence-corrected chi connectivity index (χ3v) is 8.46. The van der Waals surface area contributed by atoms with Crippen molar-refractivity contribution in [3.63, 3.8) is 0 Å². The van der Waals surface area contributed by atoms with Crippen molar-refractivity contribution in [2.75, 3.05) is 36.1 Å². The summed E-state index contributed by atoms with van der Waals surface area (Å²) in [6.45, 7) is 9.84. The Kier molecular flexibility index (Phi) is 8.39. The summed E-state index contributed by atoms with van der Waals surface area (Å²) in [6.07, 6.45) is -1.40. The summed E-state index contributed by atoms with van der Waals surface area (Å²) in [5, 5.41) is 0. The summed E-state index contributed by atoms with van der Waals surface area (Å²) < 4.78 is 23.0. The third kappa shape index (κ3) is 6.75. The van der Waals surface area contributed by atoms with E-state index in [-0.39, 0.29) is 43.0 Å². The van der Waals surface area contributed by atoms with Crippen LogP contribution in [-0.4, -0.2) is 50.7 Å². The third-order valence-electron chi connectivity index (χ3n) is 8.46. The maximum Gasteiger partial charge on any atom is 0.414 e. The second kappa shape index (κ2) is 12.6. The molecule has 2 unspecified atom stereocenters. The van der Waals surface area contributed by atoms with E-state index in [1.165, 1.54) is 0 Å². The van der Waals surface area contributed by atoms with Gasteiger partial charge in [-0.1, -0.05) is 73.5 Å². The largest absolute Gasteiger partial charge is 0.490 e. The van der Waals surface area contributed by atoms with E-state index in [1.54, 1.807) is 9.80 Å². The molecule has 2 amide bonds. The van der Waals surface area contributed by atoms with Gasteiger partial charge in [-0.3, -0.25) is 9.80 Å². The SMILES string of the molecule is Cc1ccc(N2CC(COc3ccc(C(C)(C)c4ccc(OCC5CN(c6ccc(C)cc6)C(=O)O5)cc4)cc3)OC2=O)cc1. The van der Waals surface area contributed by atoms with Gasteiger partial charge in [-0.2, -0.15) is 0 Å². The first-order valence-corrected chi connectivity index (χ1v) is 15.2. The molecular weight excluding hydrogens is 568 g/mol. The molecule has 0 bridgehead atoms. The Morgan fingerprint density at radius 3 is 1.31 bits per heavy atom. The van der Waals surface area contributed by atoms with Crippen molar-refractivity contribution in [2.24, 2.45) is 0 Å². The number of cyclic esters (lactones) is 2. The second-order valence-corrected chi connectivity index (χ2v) is 12.2. The van der Waals surface area contributed by atoms with Crippen LogP contribution in [0.5, 0.6) is 11.5 Å². The van der Waals surface area contributed by atoms with Crippen molar-refractivity contribution < 1.29 is 28.5 Å². The smallest absolute Gasteiger partial charge is 0.414 e. The summed E-state index contributed by atoms with van der Waals surface area (Å²) in [5.74, 6) is 1.44. The first kappa shape index (κ1) is 30.1. The minimum Gasteiger partial charge on any atom is -0.490 e. The van der Waals surface area contributed by atoms with Crippen LogP contribution in [0.25, 0.3) is 0 Å². The number of rotatable bonds is 10. The summed E-state index contributed by atoms with van der Waals surface area (Å²) in [5.41, 5.74) is 5.93. The van der Waals surface area contributed by atoms with Gasteiger partial charge in [-0.05, 0) is 73.5 Å². The van der Waals surface area contributed by atoms with E-state index < -0.39 is 0 Å². The monoisotopic (exact) mass is 606 g/mol. The van der Waals surface area contributed by atoms with Crippen LogP contribution in [0.15, 0.2) is 97.1 Å². The van der Waals surface area contributed by atoms with Gasteiger partial charge in [0, 0.05) is 16.8 Å². The molecule has 0 N–H and O–H groups in total. The van der Waals surface area contributed by atoms with Crippen LogP contribution in [-0.2, 0) is 14.9 Å². The molecule has 2 saturated heterocycles. The summed E-state index contributed by atoms with van der Waals surface area (Å²) >= 11 is 0. The normalized spacial score (nSPS) is 18.1. The lowest BCUT2D eigenvalue weighted by atomic mass is 9.78. The molecule has 4 aromatic rings. The van der Waals surface area contributed by atoms with Gasteiger partial charge < -0.3 is 18.9 Å². The molecule has 45 heavy (non-hydrogen) atoms. The Bertz CT molecular complexity index is 1510. The maximum atomic E-state index is 12.4. The van der Waals surface area contributed by atoms with Gasteiger partial charge in [0.05, 0.1) is 13.1 Å². The molecule has 0 spiro atoms. The number of carbonyl (C=O) groups excluding carboxylic acids is 2. The van der Waals surface area contributed by atoms with Crippen LogP contribution in [0.4, 0.5) is 21.0 Å². The molecule has 232 valence electrons. The molecule has 0 radical (unpaired) electrons. The van der Waals surface area contributed by atoms with Crippen molar-refractivity contribution in [3.05, 3.63) is 119 Å². The highest BCUT2D eigenvalue weighted by atomic mass is 16.6. The molecule has 0 aliphatic carbocycles. The van der Waals surface area contributed by atoms with Crippen molar-refractivity contribution in [2.45, 2.75) is 45.3 Å². The van der Waals surface area contributed by atoms with Crippen molar-refractivity contribution in [3.8, 4) is 11.5 Å². The summed E-state index contributed by atoms with van der Waals surface area (Å²) in [7, 11) is 0. The van der Waals surface area contributed by atoms with Crippen LogP contribution in [0.2, 0.25) is 0 Å². The molecule has 8 heteroatoms. The topological polar surface area (TPSA) is 77.5 Å². The minimum atomic E-state index is -0.354. The predicted molar refractivity (Wildman–Crippen MR) is 174 cm³/mol. The van der Waals surface area contributed by atoms with E-state index in [1.807, 2.05) is 86.6 Å². The fraction of sp³-hybridized carbons (Fsp3) is 0.297. The van der Waals surface area contributed by atoms with Crippen LogP contribution in [0, 0.1) is 13.8 Å². The minimum absolute atomic E-state index is 0.262. The van der Waals surface area contributed by atoms with Gasteiger partial charge >= 0.3 is 12.2 Å². The van der Waals surface area contributed by atoms with Gasteiger partial charge in [0.25, 0.3) is 0 Å². The van der Waals surface area contributed by atoms with Crippen LogP contribution in [0.3, 0.4) is 0 Å². The van der Waals surface area contributed by atoms with E-state index >= 15 is 0 Å². The quantitative estimate of drug-likeness (QED) is 0.187. The molecule has 2 aliphatic rings. The van der Waals surface area contributed by atoms with Crippen molar-refractivity contribution >= 4 is 23.6 Å². The van der Waals surface area contributed by atoms with Crippen molar-refractivity contribution in [1.29, 1.82) is 0 Å². The van der Waals surface area contributed by atoms with E-state index in [2.05, 4.69) is 38.1 Å². The molecule has 2 atom stereocenters. The molecule has 8 nitrogen and oxygen atoms in total. The first-order chi connectivity index (χ1) is 21.7. The molecule has 4 aromatic carbocycles. The highest BCUT2D eigenvalue weighted by molar-refractivity contribution is 5.90. The lowest BCUT2D eigenvalue weighted by Gasteiger charge is -2.26. The number of hydrogen-bond donors (Lipinski definition) is 0. The summed E-state index contributed by atoms with van der Waals surface area (Å²) in [6, 6.07) is 31.7. The first-order valence-electron chi connectivity index (χ1n) is 15.2. The fourth-order valence-corrected chi connectivity index (χ4v) is 5.57. The molecular formula is C37H38N2O6. The maximum absolute atomic E-state index is 12.4. The molecule has 0 saturated carbocycles. The molecule has 2 aliphatic heterocycles. The van der Waals surface area contributed by atoms with E-state index in [0.717, 1.165) is 45.1 Å². The molecule has 2 heterocycles. The van der Waals surface area contributed by atoms with Gasteiger partial charge in [-0.25, -0.2) is 9.59 Å². The zero-order chi connectivity index (χ0) is 31.6. The van der Waals surface area contributed by atoms with E-state index in [4.69, 9.17) is 18.9 Å². The Balaban J connectivity index is 0.998. The number of hydrogen-bond acceptors (Lipinski definition) is 6. The highest BCUT2D eigenvalue weighted by Crippen LogP contribution is 2.34. The molecule has 6 rings (SSSR count). The van der Waals surface area contributed by atoms with Crippen molar-refractivity contribution in [1.82, 2.24) is 0 Å². The number of ether oxygens (including phenoxy) is 4. The van der Waals surface area contributed by atoms with Crippen LogP contribution >= 0.6 is 0 Å². The Morgan fingerprint density at radius 2 is 0.956 bits per heavy atom. The lowest BCUT2D eigenvalue weighted by molar-refractivity contribution is 0.104. The van der Waals surface area contributed by atoms with Gasteiger partial charge in [0.15, 0.2) is 12.2 Å². The van der Waals surface area contributed by atoms with Gasteiger partial charge in [0.2, 0.25) is 0 Å². The number of benzene rings is 4. The van der Waals surface area contributed by atoms with E-state index in [9.17, 15) is 9.59 Å². The predicted octanol–water partition coefficient (Wildman–Crippen LogP) is 7.44. The molecule has 0 aromatic heterocycles. The number of carbonyl (C=O) groups is 2. The lowest BCUT2D eigenvalue weighted by Crippen LogP contribution is -2.26. The van der Waals surface area contributed by atoms with Gasteiger partial charge in [-0.15, -0.1) is 0 Å². The number of aryl methyl sites for hydroxylation is 2. The number of amides is 2. The number of anilines is 2. The second-order valence-electron chi connectivity index (χ2n) is 12.2. The van der Waals surface area contributed by atoms with Crippen LogP contribution in [0.1, 0.15) is 36.1 Å².